The van der Waals surface area contributed by atoms with Crippen molar-refractivity contribution in [2.75, 3.05) is 0 Å². The maximum Gasteiger partial charge on any atom is 0.343 e. The fourth-order valence-electron chi connectivity index (χ4n) is 2.42. The molecule has 0 aliphatic carbocycles. The molecule has 0 atom stereocenters. The average Bonchev–Trinajstić information content (AvgIpc) is 2.70. The predicted octanol–water partition coefficient (Wildman–Crippen LogP) is 4.12. The van der Waals surface area contributed by atoms with Crippen molar-refractivity contribution in [1.82, 2.24) is 5.43 Å². The molecule has 1 amide bonds. The Bertz CT molecular complexity index is 1010. The average molecular weight is 376 g/mol. The molecule has 0 saturated heterocycles. The van der Waals surface area contributed by atoms with Crippen molar-refractivity contribution < 1.29 is 18.7 Å². The zero-order valence-electron chi connectivity index (χ0n) is 15.1. The first-order valence-electron chi connectivity index (χ1n) is 8.50. The van der Waals surface area contributed by atoms with Crippen LogP contribution < -0.4 is 10.2 Å². The first-order chi connectivity index (χ1) is 13.5. The van der Waals surface area contributed by atoms with Crippen LogP contribution in [0.15, 0.2) is 77.9 Å². The second-order valence-electron chi connectivity index (χ2n) is 5.98. The van der Waals surface area contributed by atoms with Gasteiger partial charge in [-0.05, 0) is 72.6 Å². The summed E-state index contributed by atoms with van der Waals surface area (Å²) in [6, 6.07) is 19.0. The third-order valence-electron chi connectivity index (χ3n) is 3.94. The molecule has 28 heavy (non-hydrogen) atoms. The molecule has 0 aliphatic heterocycles. The van der Waals surface area contributed by atoms with Gasteiger partial charge in [0.25, 0.3) is 5.91 Å². The molecule has 0 heterocycles. The summed E-state index contributed by atoms with van der Waals surface area (Å²) in [6.45, 7) is 1.84. The highest BCUT2D eigenvalue weighted by molar-refractivity contribution is 5.95. The van der Waals surface area contributed by atoms with Gasteiger partial charge in [0.05, 0.1) is 11.8 Å². The normalized spacial score (nSPS) is 10.6. The smallest absolute Gasteiger partial charge is 0.343 e. The van der Waals surface area contributed by atoms with Crippen LogP contribution >= 0.6 is 0 Å². The lowest BCUT2D eigenvalue weighted by atomic mass is 10.1. The van der Waals surface area contributed by atoms with Crippen LogP contribution in [-0.2, 0) is 0 Å². The molecule has 0 bridgehead atoms. The molecular weight excluding hydrogens is 359 g/mol. The Morgan fingerprint density at radius 1 is 0.964 bits per heavy atom. The molecule has 1 N–H and O–H groups in total. The summed E-state index contributed by atoms with van der Waals surface area (Å²) in [5, 5.41) is 3.86. The van der Waals surface area contributed by atoms with Gasteiger partial charge in [-0.25, -0.2) is 14.6 Å². The number of hydrogen-bond donors (Lipinski definition) is 1. The number of benzene rings is 3. The number of amides is 1. The highest BCUT2D eigenvalue weighted by Crippen LogP contribution is 2.15. The molecule has 0 saturated carbocycles. The summed E-state index contributed by atoms with van der Waals surface area (Å²) < 4.78 is 18.2. The Kier molecular flexibility index (Phi) is 5.91. The Morgan fingerprint density at radius 2 is 1.64 bits per heavy atom. The molecule has 0 aliphatic rings. The predicted molar refractivity (Wildman–Crippen MR) is 104 cm³/mol. The molecule has 5 nitrogen and oxygen atoms in total. The number of nitrogens with one attached hydrogen (secondary N) is 1. The maximum atomic E-state index is 12.9. The Balaban J connectivity index is 1.57. The third kappa shape index (κ3) is 4.88. The van der Waals surface area contributed by atoms with Crippen molar-refractivity contribution in [2.45, 2.75) is 6.92 Å². The van der Waals surface area contributed by atoms with Crippen LogP contribution in [0.1, 0.15) is 31.8 Å². The molecule has 6 heteroatoms. The molecule has 140 valence electrons. The summed E-state index contributed by atoms with van der Waals surface area (Å²) in [5.74, 6) is -0.880. The Labute approximate surface area is 161 Å². The van der Waals surface area contributed by atoms with Gasteiger partial charge in [-0.3, -0.25) is 4.79 Å². The monoisotopic (exact) mass is 376 g/mol. The Hall–Kier alpha value is -3.80. The van der Waals surface area contributed by atoms with Gasteiger partial charge in [0, 0.05) is 5.56 Å². The van der Waals surface area contributed by atoms with E-state index < -0.39 is 17.7 Å². The van der Waals surface area contributed by atoms with E-state index in [1.54, 1.807) is 36.4 Å². The van der Waals surface area contributed by atoms with Gasteiger partial charge in [0.2, 0.25) is 0 Å². The number of hydrogen-bond acceptors (Lipinski definition) is 4. The van der Waals surface area contributed by atoms with Crippen LogP contribution in [0.5, 0.6) is 5.75 Å². The van der Waals surface area contributed by atoms with Gasteiger partial charge in [-0.2, -0.15) is 5.10 Å². The first-order valence-corrected chi connectivity index (χ1v) is 8.50. The molecular formula is C22H17FN2O3. The fraction of sp³-hybridized carbons (Fsp3) is 0.0455. The molecule has 0 unspecified atom stereocenters. The first kappa shape index (κ1) is 19.0. The van der Waals surface area contributed by atoms with Crippen molar-refractivity contribution in [2.24, 2.45) is 5.10 Å². The summed E-state index contributed by atoms with van der Waals surface area (Å²) in [7, 11) is 0. The van der Waals surface area contributed by atoms with E-state index in [0.29, 0.717) is 22.4 Å². The highest BCUT2D eigenvalue weighted by atomic mass is 19.1. The number of carbonyl (C=O) groups is 2. The maximum absolute atomic E-state index is 12.9. The minimum Gasteiger partial charge on any atom is -0.423 e. The zero-order valence-corrected chi connectivity index (χ0v) is 15.1. The molecule has 0 aromatic heterocycles. The van der Waals surface area contributed by atoms with Crippen molar-refractivity contribution in [3.63, 3.8) is 0 Å². The molecule has 0 spiro atoms. The largest absolute Gasteiger partial charge is 0.423 e. The van der Waals surface area contributed by atoms with E-state index in [2.05, 4.69) is 10.5 Å². The van der Waals surface area contributed by atoms with E-state index in [1.165, 1.54) is 30.5 Å². The van der Waals surface area contributed by atoms with Gasteiger partial charge in [0.15, 0.2) is 0 Å². The molecule has 0 fully saturated rings. The van der Waals surface area contributed by atoms with Crippen molar-refractivity contribution in [3.8, 4) is 5.75 Å². The van der Waals surface area contributed by atoms with Gasteiger partial charge in [0.1, 0.15) is 11.6 Å². The lowest BCUT2D eigenvalue weighted by Crippen LogP contribution is -2.17. The van der Waals surface area contributed by atoms with E-state index in [0.717, 1.165) is 5.56 Å². The highest BCUT2D eigenvalue weighted by Gasteiger charge is 2.10. The van der Waals surface area contributed by atoms with Crippen molar-refractivity contribution >= 4 is 18.1 Å². The number of halogens is 1. The number of carbonyl (C=O) groups excluding carboxylic acids is 2. The number of nitrogens with zero attached hydrogens (tertiary/aromatic N) is 1. The van der Waals surface area contributed by atoms with Crippen molar-refractivity contribution in [3.05, 3.63) is 101 Å². The van der Waals surface area contributed by atoms with Gasteiger partial charge in [-0.1, -0.05) is 18.2 Å². The van der Waals surface area contributed by atoms with Gasteiger partial charge >= 0.3 is 5.97 Å². The summed E-state index contributed by atoms with van der Waals surface area (Å²) >= 11 is 0. The molecule has 3 aromatic carbocycles. The number of esters is 1. The van der Waals surface area contributed by atoms with Crippen LogP contribution in [0.25, 0.3) is 0 Å². The topological polar surface area (TPSA) is 67.8 Å². The van der Waals surface area contributed by atoms with Gasteiger partial charge < -0.3 is 4.74 Å². The molecule has 3 rings (SSSR count). The minimum absolute atomic E-state index is 0.303. The number of ether oxygens (including phenoxy) is 1. The second-order valence-corrected chi connectivity index (χ2v) is 5.98. The van der Waals surface area contributed by atoms with E-state index >= 15 is 0 Å². The van der Waals surface area contributed by atoms with E-state index in [9.17, 15) is 14.0 Å². The lowest BCUT2D eigenvalue weighted by Gasteiger charge is -2.06. The Morgan fingerprint density at radius 3 is 2.32 bits per heavy atom. The third-order valence-corrected chi connectivity index (χ3v) is 3.94. The SMILES string of the molecule is Cc1ccccc1C(=O)Oc1ccc(/C=N\NC(=O)c2ccc(F)cc2)cc1. The van der Waals surface area contributed by atoms with Crippen LogP contribution in [0.3, 0.4) is 0 Å². The fourth-order valence-corrected chi connectivity index (χ4v) is 2.42. The quantitative estimate of drug-likeness (QED) is 0.315. The lowest BCUT2D eigenvalue weighted by molar-refractivity contribution is 0.0733. The number of hydrazone groups is 1. The summed E-state index contributed by atoms with van der Waals surface area (Å²) in [6.07, 6.45) is 1.45. The van der Waals surface area contributed by atoms with Gasteiger partial charge in [-0.15, -0.1) is 0 Å². The molecule has 0 radical (unpaired) electrons. The van der Waals surface area contributed by atoms with Crippen LogP contribution in [0.4, 0.5) is 4.39 Å². The zero-order chi connectivity index (χ0) is 19.9. The van der Waals surface area contributed by atoms with E-state index in [4.69, 9.17) is 4.74 Å². The minimum atomic E-state index is -0.444. The standard InChI is InChI=1S/C22H17FN2O3/c1-15-4-2-3-5-20(15)22(27)28-19-12-6-16(7-13-19)14-24-25-21(26)17-8-10-18(23)11-9-17/h2-14H,1H3,(H,25,26)/b24-14-. The van der Waals surface area contributed by atoms with Crippen LogP contribution in [-0.4, -0.2) is 18.1 Å². The van der Waals surface area contributed by atoms with E-state index in [1.807, 2.05) is 19.1 Å². The number of rotatable bonds is 5. The van der Waals surface area contributed by atoms with E-state index in [-0.39, 0.29) is 0 Å². The second kappa shape index (κ2) is 8.73. The summed E-state index contributed by atoms with van der Waals surface area (Å²) in [4.78, 5) is 24.1. The van der Waals surface area contributed by atoms with Crippen LogP contribution in [0, 0.1) is 12.7 Å². The van der Waals surface area contributed by atoms with Crippen LogP contribution in [0.2, 0.25) is 0 Å². The van der Waals surface area contributed by atoms with Crippen molar-refractivity contribution in [1.29, 1.82) is 0 Å². The number of aryl methyl sites for hydroxylation is 1. The summed E-state index contributed by atoms with van der Waals surface area (Å²) in [5.41, 5.74) is 4.72. The molecule has 3 aromatic rings.